The summed E-state index contributed by atoms with van der Waals surface area (Å²) in [5.74, 6) is -0.362. The van der Waals surface area contributed by atoms with Crippen LogP contribution in [0.1, 0.15) is 92.9 Å². The highest BCUT2D eigenvalue weighted by Crippen LogP contribution is 2.25. The monoisotopic (exact) mass is 545 g/mol. The average molecular weight is 546 g/mol. The van der Waals surface area contributed by atoms with E-state index in [2.05, 4.69) is 17.6 Å². The van der Waals surface area contributed by atoms with Crippen molar-refractivity contribution in [2.45, 2.75) is 97.3 Å². The molecule has 1 fully saturated rings. The van der Waals surface area contributed by atoms with E-state index in [1.54, 1.807) is 17.0 Å². The first-order chi connectivity index (χ1) is 19.4. The van der Waals surface area contributed by atoms with E-state index >= 15 is 0 Å². The van der Waals surface area contributed by atoms with Crippen molar-refractivity contribution < 1.29 is 14.0 Å². The van der Waals surface area contributed by atoms with E-state index < -0.39 is 0 Å². The van der Waals surface area contributed by atoms with E-state index in [0.717, 1.165) is 56.2 Å². The third-order valence-electron chi connectivity index (χ3n) is 8.07. The molecule has 1 aliphatic carbocycles. The Morgan fingerprint density at radius 1 is 0.950 bits per heavy atom. The predicted molar refractivity (Wildman–Crippen MR) is 159 cm³/mol. The summed E-state index contributed by atoms with van der Waals surface area (Å²) in [6, 6.07) is 18.5. The van der Waals surface area contributed by atoms with Crippen molar-refractivity contribution in [3.8, 4) is 0 Å². The fourth-order valence-electron chi connectivity index (χ4n) is 5.61. The lowest BCUT2D eigenvalue weighted by Crippen LogP contribution is -2.49. The Balaban J connectivity index is 1.51. The molecule has 1 aromatic heterocycles. The molecule has 0 aliphatic heterocycles. The van der Waals surface area contributed by atoms with E-state index in [9.17, 15) is 14.0 Å². The number of halogens is 1. The molecule has 6 heteroatoms. The van der Waals surface area contributed by atoms with Crippen LogP contribution in [0.4, 0.5) is 4.39 Å². The van der Waals surface area contributed by atoms with Gasteiger partial charge in [-0.1, -0.05) is 56.9 Å². The van der Waals surface area contributed by atoms with Crippen LogP contribution in [0.3, 0.4) is 0 Å². The fraction of sp³-hybridized carbons (Fsp3) is 0.471. The van der Waals surface area contributed by atoms with Gasteiger partial charge in [0.05, 0.1) is 6.54 Å². The molecule has 0 saturated heterocycles. The zero-order valence-corrected chi connectivity index (χ0v) is 24.3. The second-order valence-electron chi connectivity index (χ2n) is 11.4. The maximum atomic E-state index is 14.0. The molecule has 1 heterocycles. The van der Waals surface area contributed by atoms with Gasteiger partial charge in [0.15, 0.2) is 0 Å². The number of carbonyl (C=O) groups is 2. The minimum Gasteiger partial charge on any atom is -0.345 e. The Labute approximate surface area is 239 Å². The second-order valence-corrected chi connectivity index (χ2v) is 11.4. The predicted octanol–water partition coefficient (Wildman–Crippen LogP) is 7.23. The molecule has 2 aromatic carbocycles. The first kappa shape index (κ1) is 29.6. The summed E-state index contributed by atoms with van der Waals surface area (Å²) >= 11 is 0. The number of aromatic nitrogens is 1. The molecular formula is C34H44FN3O2. The van der Waals surface area contributed by atoms with Gasteiger partial charge in [0.25, 0.3) is 5.91 Å². The molecule has 214 valence electrons. The molecule has 0 atom stereocenters. The fourth-order valence-corrected chi connectivity index (χ4v) is 5.61. The normalized spacial score (nSPS) is 13.9. The summed E-state index contributed by atoms with van der Waals surface area (Å²) in [6.45, 7) is 7.28. The van der Waals surface area contributed by atoms with Gasteiger partial charge in [0.1, 0.15) is 12.4 Å². The number of hydrogen-bond acceptors (Lipinski definition) is 2. The summed E-state index contributed by atoms with van der Waals surface area (Å²) in [7, 11) is 0. The van der Waals surface area contributed by atoms with Gasteiger partial charge in [-0.05, 0) is 87.1 Å². The van der Waals surface area contributed by atoms with E-state index in [-0.39, 0.29) is 36.3 Å². The molecule has 2 amide bonds. The Morgan fingerprint density at radius 2 is 1.62 bits per heavy atom. The van der Waals surface area contributed by atoms with Crippen LogP contribution in [0.5, 0.6) is 0 Å². The average Bonchev–Trinajstić information content (AvgIpc) is 3.41. The number of rotatable bonds is 12. The lowest BCUT2D eigenvalue weighted by molar-refractivity contribution is -0.136. The molecule has 40 heavy (non-hydrogen) atoms. The molecule has 0 radical (unpaired) electrons. The number of unbranched alkanes of at least 4 members (excludes halogenated alkanes) is 1. The van der Waals surface area contributed by atoms with Crippen molar-refractivity contribution in [2.75, 3.05) is 6.54 Å². The van der Waals surface area contributed by atoms with Crippen LogP contribution in [0.25, 0.3) is 0 Å². The summed E-state index contributed by atoms with van der Waals surface area (Å²) in [6.07, 6.45) is 10.7. The number of amides is 2. The maximum Gasteiger partial charge on any atom is 0.254 e. The van der Waals surface area contributed by atoms with Gasteiger partial charge in [0, 0.05) is 36.1 Å². The molecule has 4 rings (SSSR count). The van der Waals surface area contributed by atoms with Crippen LogP contribution < -0.4 is 0 Å². The van der Waals surface area contributed by atoms with Crippen LogP contribution in [0.2, 0.25) is 0 Å². The number of benzene rings is 2. The van der Waals surface area contributed by atoms with E-state index in [4.69, 9.17) is 0 Å². The van der Waals surface area contributed by atoms with Gasteiger partial charge in [-0.15, -0.1) is 0 Å². The highest BCUT2D eigenvalue weighted by molar-refractivity contribution is 5.96. The highest BCUT2D eigenvalue weighted by atomic mass is 19.1. The molecule has 0 spiro atoms. The molecule has 0 N–H and O–H groups in total. The van der Waals surface area contributed by atoms with Crippen molar-refractivity contribution in [3.63, 3.8) is 0 Å². The summed E-state index contributed by atoms with van der Waals surface area (Å²) in [4.78, 5) is 31.3. The van der Waals surface area contributed by atoms with Crippen molar-refractivity contribution in [1.29, 1.82) is 0 Å². The second kappa shape index (κ2) is 14.3. The van der Waals surface area contributed by atoms with Crippen molar-refractivity contribution in [1.82, 2.24) is 14.4 Å². The van der Waals surface area contributed by atoms with Crippen molar-refractivity contribution >= 4 is 11.8 Å². The lowest BCUT2D eigenvalue weighted by Gasteiger charge is -2.37. The molecule has 3 aromatic rings. The SMILES string of the molecule is CCCCc1ccc(C(=O)N(CC(=O)N(Cc2cccn2Cc2ccc(F)cc2)C2CCCCC2)C(C)C)cc1. The topological polar surface area (TPSA) is 45.6 Å². The molecular weight excluding hydrogens is 501 g/mol. The lowest BCUT2D eigenvalue weighted by atomic mass is 9.94. The molecule has 0 bridgehead atoms. The Bertz CT molecular complexity index is 1230. The van der Waals surface area contributed by atoms with Gasteiger partial charge in [-0.3, -0.25) is 9.59 Å². The van der Waals surface area contributed by atoms with Crippen molar-refractivity contribution in [2.24, 2.45) is 0 Å². The van der Waals surface area contributed by atoms with Crippen LogP contribution in [0.15, 0.2) is 66.9 Å². The van der Waals surface area contributed by atoms with Crippen LogP contribution in [0, 0.1) is 5.82 Å². The smallest absolute Gasteiger partial charge is 0.254 e. The molecule has 1 saturated carbocycles. The van der Waals surface area contributed by atoms with Gasteiger partial charge in [-0.2, -0.15) is 0 Å². The first-order valence-corrected chi connectivity index (χ1v) is 14.9. The van der Waals surface area contributed by atoms with Gasteiger partial charge in [-0.25, -0.2) is 4.39 Å². The Kier molecular flexibility index (Phi) is 10.6. The van der Waals surface area contributed by atoms with Crippen molar-refractivity contribution in [3.05, 3.63) is 95.1 Å². The minimum atomic E-state index is -0.248. The zero-order valence-electron chi connectivity index (χ0n) is 24.3. The summed E-state index contributed by atoms with van der Waals surface area (Å²) in [5, 5.41) is 0. The minimum absolute atomic E-state index is 0.0111. The van der Waals surface area contributed by atoms with E-state index in [0.29, 0.717) is 18.7 Å². The summed E-state index contributed by atoms with van der Waals surface area (Å²) < 4.78 is 15.5. The Morgan fingerprint density at radius 3 is 2.27 bits per heavy atom. The zero-order chi connectivity index (χ0) is 28.5. The van der Waals surface area contributed by atoms with Gasteiger partial charge >= 0.3 is 0 Å². The highest BCUT2D eigenvalue weighted by Gasteiger charge is 2.30. The first-order valence-electron chi connectivity index (χ1n) is 14.9. The quantitative estimate of drug-likeness (QED) is 0.241. The van der Waals surface area contributed by atoms with Crippen LogP contribution >= 0.6 is 0 Å². The largest absolute Gasteiger partial charge is 0.345 e. The number of carbonyl (C=O) groups excluding carboxylic acids is 2. The van der Waals surface area contributed by atoms with Crippen LogP contribution in [-0.2, 0) is 24.3 Å². The van der Waals surface area contributed by atoms with Gasteiger partial charge in [0.2, 0.25) is 5.91 Å². The maximum absolute atomic E-state index is 14.0. The van der Waals surface area contributed by atoms with E-state index in [1.165, 1.54) is 24.1 Å². The summed E-state index contributed by atoms with van der Waals surface area (Å²) in [5.41, 5.74) is 3.90. The molecule has 1 aliphatic rings. The third kappa shape index (κ3) is 7.83. The Hall–Kier alpha value is -3.41. The molecule has 0 unspecified atom stereocenters. The number of aryl methyl sites for hydroxylation is 1. The van der Waals surface area contributed by atoms with E-state index in [1.807, 2.05) is 55.3 Å². The number of nitrogens with zero attached hydrogens (tertiary/aromatic N) is 3. The third-order valence-corrected chi connectivity index (χ3v) is 8.07. The standard InChI is InChI=1S/C34H44FN3O2/c1-4-5-10-27-14-18-29(19-15-27)34(40)37(26(2)3)25-33(39)38(31-11-7-6-8-12-31)24-32-13-9-22-36(32)23-28-16-20-30(35)21-17-28/h9,13-22,26,31H,4-8,10-12,23-25H2,1-3H3. The molecule has 5 nitrogen and oxygen atoms in total. The van der Waals surface area contributed by atoms with Gasteiger partial charge < -0.3 is 14.4 Å². The van der Waals surface area contributed by atoms with Crippen LogP contribution in [-0.4, -0.2) is 44.8 Å². The number of hydrogen-bond donors (Lipinski definition) is 0.